The zero-order valence-corrected chi connectivity index (χ0v) is 20.8. The minimum Gasteiger partial charge on any atom is -0.465 e. The van der Waals surface area contributed by atoms with Gasteiger partial charge in [0.05, 0.1) is 25.3 Å². The fourth-order valence-electron chi connectivity index (χ4n) is 5.69. The van der Waals surface area contributed by atoms with Crippen molar-refractivity contribution in [2.75, 3.05) is 20.2 Å². The number of aromatic amines is 1. The van der Waals surface area contributed by atoms with Gasteiger partial charge in [0.2, 0.25) is 11.8 Å². The number of piperazine rings is 1. The van der Waals surface area contributed by atoms with Crippen molar-refractivity contribution in [2.45, 2.75) is 24.9 Å². The number of para-hydroxylation sites is 1. The molecule has 1 aromatic heterocycles. The molecule has 38 heavy (non-hydrogen) atoms. The molecule has 3 aromatic carbocycles. The number of benzene rings is 3. The largest absolute Gasteiger partial charge is 0.465 e. The van der Waals surface area contributed by atoms with Crippen LogP contribution in [0.4, 0.5) is 4.39 Å². The predicted octanol–water partition coefficient (Wildman–Crippen LogP) is 4.02. The van der Waals surface area contributed by atoms with E-state index in [1.165, 1.54) is 19.2 Å². The van der Waals surface area contributed by atoms with Crippen LogP contribution in [0.3, 0.4) is 0 Å². The van der Waals surface area contributed by atoms with Crippen molar-refractivity contribution >= 4 is 28.7 Å². The Morgan fingerprint density at radius 1 is 1.03 bits per heavy atom. The van der Waals surface area contributed by atoms with E-state index < -0.39 is 18.1 Å². The fraction of sp³-hybridized carbons (Fsp3) is 0.233. The maximum atomic E-state index is 13.8. The Morgan fingerprint density at radius 2 is 1.76 bits per heavy atom. The number of methoxy groups -OCH3 is 1. The molecular weight excluding hydrogens is 485 g/mol. The Bertz CT molecular complexity index is 1540. The Labute approximate surface area is 218 Å². The molecule has 0 aliphatic carbocycles. The molecule has 2 atom stereocenters. The fourth-order valence-corrected chi connectivity index (χ4v) is 5.69. The number of esters is 1. The van der Waals surface area contributed by atoms with Crippen molar-refractivity contribution in [3.05, 3.63) is 107 Å². The first-order valence-corrected chi connectivity index (χ1v) is 12.6. The second-order valence-electron chi connectivity index (χ2n) is 9.74. The van der Waals surface area contributed by atoms with Gasteiger partial charge in [0.25, 0.3) is 0 Å². The number of carbonyl (C=O) groups excluding carboxylic acids is 3. The molecular formula is C30H26FN3O4. The quantitative estimate of drug-likeness (QED) is 0.411. The Hall–Kier alpha value is -4.46. The predicted molar refractivity (Wildman–Crippen MR) is 139 cm³/mol. The van der Waals surface area contributed by atoms with E-state index in [1.54, 1.807) is 34.1 Å². The number of aromatic nitrogens is 1. The molecule has 8 heteroatoms. The van der Waals surface area contributed by atoms with Gasteiger partial charge >= 0.3 is 5.97 Å². The van der Waals surface area contributed by atoms with Crippen LogP contribution in [0.25, 0.3) is 10.9 Å². The third kappa shape index (κ3) is 4.02. The van der Waals surface area contributed by atoms with Crippen LogP contribution in [0.5, 0.6) is 0 Å². The molecule has 6 rings (SSSR count). The summed E-state index contributed by atoms with van der Waals surface area (Å²) in [6.07, 6.45) is 0.941. The van der Waals surface area contributed by atoms with Crippen LogP contribution in [-0.2, 0) is 27.2 Å². The summed E-state index contributed by atoms with van der Waals surface area (Å²) in [5.41, 5.74) is 4.96. The SMILES string of the molecule is COC(=O)c1ccc(C2c3[nH]c4ccccc4c3C[C@H]3C(=O)N(CCc4ccc(F)cc4)CC(=O)N23)cc1. The Kier molecular flexibility index (Phi) is 5.94. The molecule has 1 fully saturated rings. The van der Waals surface area contributed by atoms with E-state index in [0.717, 1.165) is 33.3 Å². The summed E-state index contributed by atoms with van der Waals surface area (Å²) in [5.74, 6) is -0.986. The standard InChI is InChI=1S/C30H26FN3O4/c1-38-30(37)20-10-8-19(9-11-20)28-27-23(22-4-2-3-5-24(22)32-27)16-25-29(36)33(17-26(35)34(25)28)15-14-18-6-12-21(31)13-7-18/h2-13,25,28,32H,14-17H2,1H3/t25-,28?/m0/s1. The molecule has 7 nitrogen and oxygen atoms in total. The Morgan fingerprint density at radius 3 is 2.50 bits per heavy atom. The summed E-state index contributed by atoms with van der Waals surface area (Å²) in [6, 6.07) is 20.0. The van der Waals surface area contributed by atoms with E-state index in [0.29, 0.717) is 24.9 Å². The summed E-state index contributed by atoms with van der Waals surface area (Å²) in [6.45, 7) is 0.350. The first kappa shape index (κ1) is 23.9. The van der Waals surface area contributed by atoms with Gasteiger partial charge in [-0.25, -0.2) is 9.18 Å². The highest BCUT2D eigenvalue weighted by molar-refractivity contribution is 5.97. The molecule has 0 bridgehead atoms. The maximum Gasteiger partial charge on any atom is 0.337 e. The molecule has 4 aromatic rings. The lowest BCUT2D eigenvalue weighted by molar-refractivity contribution is -0.158. The van der Waals surface area contributed by atoms with E-state index in [9.17, 15) is 18.8 Å². The molecule has 1 unspecified atom stereocenters. The van der Waals surface area contributed by atoms with Gasteiger partial charge in [0, 0.05) is 29.6 Å². The zero-order chi connectivity index (χ0) is 26.4. The molecule has 2 aliphatic rings. The number of hydrogen-bond acceptors (Lipinski definition) is 4. The first-order chi connectivity index (χ1) is 18.4. The first-order valence-electron chi connectivity index (χ1n) is 12.6. The average Bonchev–Trinajstić information content (AvgIpc) is 3.32. The van der Waals surface area contributed by atoms with E-state index in [1.807, 2.05) is 36.4 Å². The number of rotatable bonds is 5. The highest BCUT2D eigenvalue weighted by Crippen LogP contribution is 2.42. The van der Waals surface area contributed by atoms with E-state index in [2.05, 4.69) is 4.98 Å². The van der Waals surface area contributed by atoms with Crippen LogP contribution < -0.4 is 0 Å². The van der Waals surface area contributed by atoms with E-state index >= 15 is 0 Å². The van der Waals surface area contributed by atoms with Crippen molar-refractivity contribution < 1.29 is 23.5 Å². The van der Waals surface area contributed by atoms with Crippen LogP contribution >= 0.6 is 0 Å². The van der Waals surface area contributed by atoms with Gasteiger partial charge in [-0.15, -0.1) is 0 Å². The molecule has 0 spiro atoms. The van der Waals surface area contributed by atoms with Crippen molar-refractivity contribution in [3.8, 4) is 0 Å². The van der Waals surface area contributed by atoms with Crippen LogP contribution in [0.2, 0.25) is 0 Å². The summed E-state index contributed by atoms with van der Waals surface area (Å²) in [7, 11) is 1.33. The van der Waals surface area contributed by atoms with Crippen LogP contribution in [0.15, 0.2) is 72.8 Å². The number of fused-ring (bicyclic) bond motifs is 4. The van der Waals surface area contributed by atoms with E-state index in [4.69, 9.17) is 4.74 Å². The van der Waals surface area contributed by atoms with Crippen LogP contribution in [0.1, 0.15) is 38.8 Å². The van der Waals surface area contributed by atoms with Crippen molar-refractivity contribution in [3.63, 3.8) is 0 Å². The third-order valence-electron chi connectivity index (χ3n) is 7.57. The minimum atomic E-state index is -0.651. The lowest BCUT2D eigenvalue weighted by Gasteiger charge is -2.47. The van der Waals surface area contributed by atoms with Crippen molar-refractivity contribution in [2.24, 2.45) is 0 Å². The van der Waals surface area contributed by atoms with Gasteiger partial charge < -0.3 is 19.5 Å². The van der Waals surface area contributed by atoms with Crippen molar-refractivity contribution in [1.82, 2.24) is 14.8 Å². The summed E-state index contributed by atoms with van der Waals surface area (Å²) < 4.78 is 18.1. The third-order valence-corrected chi connectivity index (χ3v) is 7.57. The number of nitrogens with zero attached hydrogens (tertiary/aromatic N) is 2. The molecule has 1 saturated heterocycles. The molecule has 192 valence electrons. The van der Waals surface area contributed by atoms with Crippen LogP contribution in [0, 0.1) is 5.82 Å². The second kappa shape index (κ2) is 9.45. The smallest absolute Gasteiger partial charge is 0.337 e. The number of hydrogen-bond donors (Lipinski definition) is 1. The molecule has 1 N–H and O–H groups in total. The van der Waals surface area contributed by atoms with Crippen molar-refractivity contribution in [1.29, 1.82) is 0 Å². The minimum absolute atomic E-state index is 0.0250. The number of ether oxygens (including phenoxy) is 1. The van der Waals surface area contributed by atoms with Gasteiger partial charge in [0.1, 0.15) is 11.9 Å². The van der Waals surface area contributed by atoms with Gasteiger partial charge in [-0.05, 0) is 53.4 Å². The van der Waals surface area contributed by atoms with E-state index in [-0.39, 0.29) is 24.2 Å². The second-order valence-corrected chi connectivity index (χ2v) is 9.74. The molecule has 2 aliphatic heterocycles. The number of nitrogens with one attached hydrogen (secondary N) is 1. The lowest BCUT2D eigenvalue weighted by Crippen LogP contribution is -2.63. The summed E-state index contributed by atoms with van der Waals surface area (Å²) in [5, 5.41) is 1.03. The number of halogens is 1. The molecule has 2 amide bonds. The number of carbonyl (C=O) groups is 3. The summed E-state index contributed by atoms with van der Waals surface area (Å²) in [4.78, 5) is 46.3. The topological polar surface area (TPSA) is 82.7 Å². The zero-order valence-electron chi connectivity index (χ0n) is 20.8. The molecule has 3 heterocycles. The maximum absolute atomic E-state index is 13.8. The average molecular weight is 512 g/mol. The molecule has 0 radical (unpaired) electrons. The number of amides is 2. The lowest BCUT2D eigenvalue weighted by atomic mass is 9.86. The number of H-pyrrole nitrogens is 1. The van der Waals surface area contributed by atoms with Gasteiger partial charge in [-0.1, -0.05) is 42.5 Å². The summed E-state index contributed by atoms with van der Waals surface area (Å²) >= 11 is 0. The Balaban J connectivity index is 1.37. The normalized spacial score (nSPS) is 18.9. The highest BCUT2D eigenvalue weighted by Gasteiger charge is 2.48. The van der Waals surface area contributed by atoms with Gasteiger partial charge in [0.15, 0.2) is 0 Å². The van der Waals surface area contributed by atoms with Crippen LogP contribution in [-0.4, -0.2) is 58.8 Å². The van der Waals surface area contributed by atoms with Gasteiger partial charge in [-0.2, -0.15) is 0 Å². The molecule has 0 saturated carbocycles. The highest BCUT2D eigenvalue weighted by atomic mass is 19.1. The monoisotopic (exact) mass is 511 g/mol. The van der Waals surface area contributed by atoms with Gasteiger partial charge in [-0.3, -0.25) is 9.59 Å².